The molecule has 1 amide bonds. The Morgan fingerprint density at radius 1 is 1.45 bits per heavy atom. The fourth-order valence-electron chi connectivity index (χ4n) is 2.05. The second-order valence-corrected chi connectivity index (χ2v) is 6.93. The second kappa shape index (κ2) is 6.34. The Morgan fingerprint density at radius 3 is 2.77 bits per heavy atom. The Bertz CT molecular complexity index is 570. The maximum atomic E-state index is 12.0. The first-order valence-corrected chi connectivity index (χ1v) is 7.68. The molecule has 0 saturated carbocycles. The molecule has 7 heteroatoms. The number of hydrogen-bond donors (Lipinski definition) is 1. The summed E-state index contributed by atoms with van der Waals surface area (Å²) in [6.07, 6.45) is -1.42. The van der Waals surface area contributed by atoms with Crippen LogP contribution in [0.1, 0.15) is 32.4 Å². The molecule has 1 N–H and O–H groups in total. The predicted molar refractivity (Wildman–Crippen MR) is 84.1 cm³/mol. The zero-order chi connectivity index (χ0) is 16.5. The van der Waals surface area contributed by atoms with Gasteiger partial charge in [0.2, 0.25) is 6.79 Å². The van der Waals surface area contributed by atoms with E-state index in [0.717, 1.165) is 0 Å². The fraction of sp³-hybridized carbons (Fsp3) is 0.533. The van der Waals surface area contributed by atoms with E-state index < -0.39 is 17.8 Å². The Balaban J connectivity index is 2.11. The Kier molecular flexibility index (Phi) is 4.87. The van der Waals surface area contributed by atoms with E-state index in [4.69, 9.17) is 14.2 Å². The summed E-state index contributed by atoms with van der Waals surface area (Å²) in [4.78, 5) is 13.3. The number of hydrogen-bond acceptors (Lipinski definition) is 5. The summed E-state index contributed by atoms with van der Waals surface area (Å²) in [5.41, 5.74) is -0.0210. The number of benzene rings is 1. The Labute approximate surface area is 138 Å². The van der Waals surface area contributed by atoms with Crippen LogP contribution in [0.4, 0.5) is 4.79 Å². The van der Waals surface area contributed by atoms with Crippen LogP contribution < -0.4 is 9.47 Å². The van der Waals surface area contributed by atoms with Crippen LogP contribution >= 0.6 is 15.9 Å². The average molecular weight is 374 g/mol. The van der Waals surface area contributed by atoms with Crippen molar-refractivity contribution in [3.63, 3.8) is 0 Å². The van der Waals surface area contributed by atoms with Crippen molar-refractivity contribution in [2.24, 2.45) is 0 Å². The summed E-state index contributed by atoms with van der Waals surface area (Å²) in [5, 5.41) is 10.5. The molecule has 1 atom stereocenters. The normalized spacial score (nSPS) is 14.6. The van der Waals surface area contributed by atoms with Crippen molar-refractivity contribution in [1.29, 1.82) is 0 Å². The highest BCUT2D eigenvalue weighted by molar-refractivity contribution is 9.10. The predicted octanol–water partition coefficient (Wildman–Crippen LogP) is 3.08. The maximum absolute atomic E-state index is 12.0. The molecule has 0 spiro atoms. The van der Waals surface area contributed by atoms with Gasteiger partial charge in [0, 0.05) is 17.1 Å². The number of aliphatic hydroxyl groups is 1. The molecule has 1 aromatic carbocycles. The molecule has 0 radical (unpaired) electrons. The van der Waals surface area contributed by atoms with E-state index in [0.29, 0.717) is 21.5 Å². The van der Waals surface area contributed by atoms with Crippen LogP contribution in [0.5, 0.6) is 11.5 Å². The number of carbonyl (C=O) groups excluding carboxylic acids is 1. The summed E-state index contributed by atoms with van der Waals surface area (Å²) >= 11 is 3.40. The summed E-state index contributed by atoms with van der Waals surface area (Å²) in [6, 6.07) is 3.54. The van der Waals surface area contributed by atoms with Crippen LogP contribution in [0.2, 0.25) is 0 Å². The maximum Gasteiger partial charge on any atom is 0.410 e. The van der Waals surface area contributed by atoms with Crippen LogP contribution in [-0.4, -0.2) is 42.1 Å². The zero-order valence-corrected chi connectivity index (χ0v) is 14.6. The summed E-state index contributed by atoms with van der Waals surface area (Å²) in [7, 11) is 1.58. The highest BCUT2D eigenvalue weighted by Crippen LogP contribution is 2.42. The molecule has 0 bridgehead atoms. The number of rotatable bonds is 3. The quantitative estimate of drug-likeness (QED) is 0.881. The summed E-state index contributed by atoms with van der Waals surface area (Å²) < 4.78 is 16.7. The van der Waals surface area contributed by atoms with Gasteiger partial charge in [0.05, 0.1) is 6.54 Å². The number of likely N-dealkylation sites (N-methyl/N-ethyl adjacent to an activating group) is 1. The first kappa shape index (κ1) is 16.9. The van der Waals surface area contributed by atoms with Crippen LogP contribution in [0.25, 0.3) is 0 Å². The lowest BCUT2D eigenvalue weighted by atomic mass is 10.1. The standard InChI is InChI=1S/C15H20BrNO5/c1-15(2,3)22-14(19)17(4)7-10(18)12-9(16)5-6-11-13(12)21-8-20-11/h5-6,10,18H,7-8H2,1-4H3. The molecule has 22 heavy (non-hydrogen) atoms. The van der Waals surface area contributed by atoms with Crippen molar-refractivity contribution in [3.05, 3.63) is 22.2 Å². The molecule has 0 aromatic heterocycles. The number of amides is 1. The number of carbonyl (C=O) groups is 1. The Morgan fingerprint density at radius 2 is 2.14 bits per heavy atom. The minimum Gasteiger partial charge on any atom is -0.454 e. The van der Waals surface area contributed by atoms with E-state index in [1.807, 2.05) is 0 Å². The third kappa shape index (κ3) is 3.84. The van der Waals surface area contributed by atoms with Crippen LogP contribution in [-0.2, 0) is 4.74 Å². The Hall–Kier alpha value is -1.47. The first-order chi connectivity index (χ1) is 10.2. The van der Waals surface area contributed by atoms with Gasteiger partial charge in [-0.15, -0.1) is 0 Å². The fourth-order valence-corrected chi connectivity index (χ4v) is 2.62. The number of nitrogens with zero attached hydrogens (tertiary/aromatic N) is 1. The van der Waals surface area contributed by atoms with Gasteiger partial charge in [0.15, 0.2) is 11.5 Å². The number of fused-ring (bicyclic) bond motifs is 1. The third-order valence-corrected chi connectivity index (χ3v) is 3.70. The molecular weight excluding hydrogens is 354 g/mol. The van der Waals surface area contributed by atoms with Crippen molar-refractivity contribution in [2.75, 3.05) is 20.4 Å². The van der Waals surface area contributed by atoms with Gasteiger partial charge in [-0.25, -0.2) is 4.79 Å². The molecular formula is C15H20BrNO5. The van der Waals surface area contributed by atoms with Crippen molar-refractivity contribution in [3.8, 4) is 11.5 Å². The number of aliphatic hydroxyl groups excluding tert-OH is 1. The molecule has 1 aliphatic heterocycles. The lowest BCUT2D eigenvalue weighted by Crippen LogP contribution is -2.36. The van der Waals surface area contributed by atoms with E-state index in [9.17, 15) is 9.90 Å². The van der Waals surface area contributed by atoms with E-state index in [1.165, 1.54) is 4.90 Å². The number of halogens is 1. The SMILES string of the molecule is CN(CC(O)c1c(Br)ccc2c1OCO2)C(=O)OC(C)(C)C. The molecule has 1 unspecified atom stereocenters. The van der Waals surface area contributed by atoms with Crippen LogP contribution in [0.15, 0.2) is 16.6 Å². The van der Waals surface area contributed by atoms with Gasteiger partial charge in [0.25, 0.3) is 0 Å². The second-order valence-electron chi connectivity index (χ2n) is 6.07. The van der Waals surface area contributed by atoms with Crippen molar-refractivity contribution in [1.82, 2.24) is 4.90 Å². The lowest BCUT2D eigenvalue weighted by molar-refractivity contribution is 0.0202. The highest BCUT2D eigenvalue weighted by atomic mass is 79.9. The molecule has 1 aromatic rings. The van der Waals surface area contributed by atoms with Gasteiger partial charge in [0.1, 0.15) is 11.7 Å². The smallest absolute Gasteiger partial charge is 0.410 e. The monoisotopic (exact) mass is 373 g/mol. The lowest BCUT2D eigenvalue weighted by Gasteiger charge is -2.26. The van der Waals surface area contributed by atoms with Crippen molar-refractivity contribution in [2.45, 2.75) is 32.5 Å². The average Bonchev–Trinajstić information content (AvgIpc) is 2.84. The van der Waals surface area contributed by atoms with E-state index in [2.05, 4.69) is 15.9 Å². The molecule has 1 aliphatic rings. The minimum absolute atomic E-state index is 0.0767. The molecule has 0 aliphatic carbocycles. The van der Waals surface area contributed by atoms with Crippen LogP contribution in [0.3, 0.4) is 0 Å². The summed E-state index contributed by atoms with van der Waals surface area (Å²) in [6.45, 7) is 5.57. The third-order valence-electron chi connectivity index (χ3n) is 3.01. The zero-order valence-electron chi connectivity index (χ0n) is 13.1. The number of ether oxygens (including phenoxy) is 3. The van der Waals surface area contributed by atoms with E-state index >= 15 is 0 Å². The molecule has 2 rings (SSSR count). The van der Waals surface area contributed by atoms with E-state index in [1.54, 1.807) is 40.0 Å². The van der Waals surface area contributed by atoms with Gasteiger partial charge in [-0.2, -0.15) is 0 Å². The molecule has 0 fully saturated rings. The van der Waals surface area contributed by atoms with Gasteiger partial charge in [-0.1, -0.05) is 15.9 Å². The molecule has 0 saturated heterocycles. The van der Waals surface area contributed by atoms with Gasteiger partial charge in [-0.3, -0.25) is 0 Å². The molecule has 1 heterocycles. The first-order valence-electron chi connectivity index (χ1n) is 6.89. The van der Waals surface area contributed by atoms with Gasteiger partial charge in [-0.05, 0) is 32.9 Å². The molecule has 6 nitrogen and oxygen atoms in total. The van der Waals surface area contributed by atoms with Crippen LogP contribution in [0, 0.1) is 0 Å². The van der Waals surface area contributed by atoms with Crippen molar-refractivity contribution >= 4 is 22.0 Å². The highest BCUT2D eigenvalue weighted by Gasteiger charge is 2.28. The largest absolute Gasteiger partial charge is 0.454 e. The van der Waals surface area contributed by atoms with Gasteiger partial charge < -0.3 is 24.2 Å². The summed E-state index contributed by atoms with van der Waals surface area (Å²) in [5.74, 6) is 1.08. The van der Waals surface area contributed by atoms with Gasteiger partial charge >= 0.3 is 6.09 Å². The van der Waals surface area contributed by atoms with Crippen molar-refractivity contribution < 1.29 is 24.1 Å². The topological polar surface area (TPSA) is 68.2 Å². The molecule has 122 valence electrons. The van der Waals surface area contributed by atoms with E-state index in [-0.39, 0.29) is 13.3 Å². The minimum atomic E-state index is -0.927.